The van der Waals surface area contributed by atoms with Gasteiger partial charge in [-0.1, -0.05) is 0 Å². The Hall–Kier alpha value is -4.41. The van der Waals surface area contributed by atoms with Gasteiger partial charge in [-0.05, 0) is 37.3 Å². The average Bonchev–Trinajstić information content (AvgIpc) is 3.27. The molecule has 0 saturated carbocycles. The second-order valence-electron chi connectivity index (χ2n) is 7.73. The maximum atomic E-state index is 14.4. The Morgan fingerprint density at radius 3 is 2.77 bits per heavy atom. The van der Waals surface area contributed by atoms with Gasteiger partial charge in [-0.25, -0.2) is 9.37 Å². The largest absolute Gasteiger partial charge is 0.486 e. The number of H-pyrrole nitrogens is 1. The van der Waals surface area contributed by atoms with Crippen LogP contribution in [0.2, 0.25) is 0 Å². The first-order valence-electron chi connectivity index (χ1n) is 11.2. The van der Waals surface area contributed by atoms with Crippen molar-refractivity contribution >= 4 is 40.0 Å². The summed E-state index contributed by atoms with van der Waals surface area (Å²) in [6, 6.07) is 10.8. The van der Waals surface area contributed by atoms with E-state index in [9.17, 15) is 9.18 Å². The zero-order valence-corrected chi connectivity index (χ0v) is 18.9. The Morgan fingerprint density at radius 2 is 1.91 bits per heavy atom. The Bertz CT molecular complexity index is 1380. The molecule has 1 aliphatic rings. The van der Waals surface area contributed by atoms with Crippen LogP contribution < -0.4 is 20.1 Å². The number of halogens is 1. The van der Waals surface area contributed by atoms with Gasteiger partial charge in [0.2, 0.25) is 5.95 Å². The molecule has 10 nitrogen and oxygen atoms in total. The molecule has 0 saturated heterocycles. The van der Waals surface area contributed by atoms with Crippen LogP contribution in [-0.2, 0) is 16.0 Å². The summed E-state index contributed by atoms with van der Waals surface area (Å²) in [5, 5.41) is 14.2. The van der Waals surface area contributed by atoms with E-state index in [0.717, 1.165) is 22.8 Å². The van der Waals surface area contributed by atoms with E-state index in [4.69, 9.17) is 14.2 Å². The molecule has 3 heterocycles. The fraction of sp³-hybridized carbons (Fsp3) is 0.250. The van der Waals surface area contributed by atoms with Crippen molar-refractivity contribution in [1.82, 2.24) is 20.2 Å². The second-order valence-corrected chi connectivity index (χ2v) is 7.73. The second kappa shape index (κ2) is 9.84. The maximum absolute atomic E-state index is 14.4. The molecule has 180 valence electrons. The van der Waals surface area contributed by atoms with Crippen LogP contribution in [0.15, 0.2) is 42.6 Å². The molecule has 2 aromatic carbocycles. The first-order chi connectivity index (χ1) is 17.1. The number of benzene rings is 2. The number of nitrogens with zero attached hydrogens (tertiary/aromatic N) is 3. The van der Waals surface area contributed by atoms with Gasteiger partial charge in [-0.15, -0.1) is 0 Å². The van der Waals surface area contributed by atoms with Crippen molar-refractivity contribution in [3.8, 4) is 11.5 Å². The minimum Gasteiger partial charge on any atom is -0.486 e. The van der Waals surface area contributed by atoms with Gasteiger partial charge in [0.05, 0.1) is 30.4 Å². The van der Waals surface area contributed by atoms with Gasteiger partial charge in [-0.3, -0.25) is 9.89 Å². The third-order valence-electron chi connectivity index (χ3n) is 5.32. The topological polar surface area (TPSA) is 123 Å². The predicted octanol–water partition coefficient (Wildman–Crippen LogP) is 4.25. The van der Waals surface area contributed by atoms with Crippen LogP contribution in [-0.4, -0.2) is 46.0 Å². The highest BCUT2D eigenvalue weighted by Crippen LogP contribution is 2.34. The molecule has 0 bridgehead atoms. The number of carbonyl (C=O) groups is 1. The van der Waals surface area contributed by atoms with Crippen LogP contribution in [0.3, 0.4) is 0 Å². The van der Waals surface area contributed by atoms with Crippen molar-refractivity contribution in [2.24, 2.45) is 0 Å². The van der Waals surface area contributed by atoms with Crippen LogP contribution in [0.4, 0.5) is 27.5 Å². The number of hydrogen-bond acceptors (Lipinski definition) is 9. The Kier molecular flexibility index (Phi) is 6.29. The van der Waals surface area contributed by atoms with E-state index in [1.165, 1.54) is 0 Å². The first-order valence-corrected chi connectivity index (χ1v) is 11.2. The predicted molar refractivity (Wildman–Crippen MR) is 127 cm³/mol. The highest BCUT2D eigenvalue weighted by Gasteiger charge is 2.14. The van der Waals surface area contributed by atoms with E-state index in [1.54, 1.807) is 25.1 Å². The van der Waals surface area contributed by atoms with E-state index < -0.39 is 5.82 Å². The molecule has 35 heavy (non-hydrogen) atoms. The summed E-state index contributed by atoms with van der Waals surface area (Å²) in [7, 11) is 0. The lowest BCUT2D eigenvalue weighted by Gasteiger charge is -2.19. The number of rotatable bonds is 8. The van der Waals surface area contributed by atoms with Gasteiger partial charge < -0.3 is 24.8 Å². The van der Waals surface area contributed by atoms with Gasteiger partial charge in [0.1, 0.15) is 13.2 Å². The summed E-state index contributed by atoms with van der Waals surface area (Å²) >= 11 is 0. The quantitative estimate of drug-likeness (QED) is 0.319. The van der Waals surface area contributed by atoms with E-state index in [1.807, 2.05) is 18.2 Å². The number of anilines is 4. The molecule has 5 rings (SSSR count). The fourth-order valence-electron chi connectivity index (χ4n) is 3.70. The van der Waals surface area contributed by atoms with Crippen molar-refractivity contribution < 1.29 is 23.4 Å². The molecule has 0 fully saturated rings. The lowest BCUT2D eigenvalue weighted by Crippen LogP contribution is -2.15. The number of esters is 1. The van der Waals surface area contributed by atoms with Crippen molar-refractivity contribution in [2.45, 2.75) is 19.8 Å². The first kappa shape index (κ1) is 22.4. The fourth-order valence-corrected chi connectivity index (χ4v) is 3.70. The molecule has 3 N–H and O–H groups in total. The summed E-state index contributed by atoms with van der Waals surface area (Å²) in [6.45, 7) is 3.09. The number of aromatic amines is 1. The molecule has 11 heteroatoms. The van der Waals surface area contributed by atoms with Crippen LogP contribution in [0, 0.1) is 5.82 Å². The van der Waals surface area contributed by atoms with Gasteiger partial charge in [-0.2, -0.15) is 10.1 Å². The number of fused-ring (bicyclic) bond motifs is 2. The van der Waals surface area contributed by atoms with E-state index >= 15 is 0 Å². The molecule has 0 amide bonds. The van der Waals surface area contributed by atoms with Crippen molar-refractivity contribution in [2.75, 3.05) is 30.5 Å². The molecular weight excluding hydrogens is 455 g/mol. The van der Waals surface area contributed by atoms with Crippen molar-refractivity contribution in [3.05, 3.63) is 54.1 Å². The zero-order chi connectivity index (χ0) is 24.2. The SMILES string of the molecule is CCOC(=O)CCc1n[nH]c2cc(Nc3ncc(F)c(Nc4ccc5c(c4)OCCO5)n3)ccc12. The van der Waals surface area contributed by atoms with Gasteiger partial charge in [0.15, 0.2) is 23.1 Å². The Labute approximate surface area is 199 Å². The number of carbonyl (C=O) groups excluding carboxylic acids is 1. The third kappa shape index (κ3) is 5.08. The lowest BCUT2D eigenvalue weighted by molar-refractivity contribution is -0.143. The van der Waals surface area contributed by atoms with E-state index in [-0.39, 0.29) is 24.2 Å². The highest BCUT2D eigenvalue weighted by atomic mass is 19.1. The smallest absolute Gasteiger partial charge is 0.306 e. The molecule has 0 atom stereocenters. The zero-order valence-electron chi connectivity index (χ0n) is 18.9. The van der Waals surface area contributed by atoms with Crippen LogP contribution in [0.5, 0.6) is 11.5 Å². The summed E-state index contributed by atoms with van der Waals surface area (Å²) in [5.74, 6) is 0.613. The number of aryl methyl sites for hydroxylation is 1. The van der Waals surface area contributed by atoms with Crippen LogP contribution in [0.1, 0.15) is 19.0 Å². The maximum Gasteiger partial charge on any atom is 0.306 e. The highest BCUT2D eigenvalue weighted by molar-refractivity contribution is 5.85. The minimum absolute atomic E-state index is 0.0167. The normalized spacial score (nSPS) is 12.4. The summed E-state index contributed by atoms with van der Waals surface area (Å²) in [5.41, 5.74) is 2.86. The van der Waals surface area contributed by atoms with Gasteiger partial charge in [0.25, 0.3) is 0 Å². The molecule has 4 aromatic rings. The van der Waals surface area contributed by atoms with E-state index in [0.29, 0.717) is 49.1 Å². The third-order valence-corrected chi connectivity index (χ3v) is 5.32. The molecule has 0 unspecified atom stereocenters. The van der Waals surface area contributed by atoms with Crippen molar-refractivity contribution in [3.63, 3.8) is 0 Å². The summed E-state index contributed by atoms with van der Waals surface area (Å²) in [4.78, 5) is 19.9. The van der Waals surface area contributed by atoms with E-state index in [2.05, 4.69) is 30.8 Å². The molecule has 0 aliphatic carbocycles. The number of ether oxygens (including phenoxy) is 3. The number of nitrogens with one attached hydrogen (secondary N) is 3. The molecule has 0 radical (unpaired) electrons. The Balaban J connectivity index is 1.30. The van der Waals surface area contributed by atoms with Crippen molar-refractivity contribution in [1.29, 1.82) is 0 Å². The molecule has 1 aliphatic heterocycles. The standard InChI is InChI=1S/C24H23FN6O4/c1-2-33-22(32)8-6-18-16-5-3-14(11-19(16)31-30-18)28-24-26-13-17(25)23(29-24)27-15-4-7-20-21(12-15)35-10-9-34-20/h3-5,7,11-13H,2,6,8-10H2,1H3,(H,30,31)(H2,26,27,28,29). The molecule has 0 spiro atoms. The molecule has 2 aromatic heterocycles. The minimum atomic E-state index is -0.597. The lowest BCUT2D eigenvalue weighted by atomic mass is 10.1. The van der Waals surface area contributed by atoms with Crippen LogP contribution >= 0.6 is 0 Å². The summed E-state index contributed by atoms with van der Waals surface area (Å²) in [6.07, 6.45) is 1.83. The number of hydrogen-bond donors (Lipinski definition) is 3. The average molecular weight is 478 g/mol. The van der Waals surface area contributed by atoms with Crippen LogP contribution in [0.25, 0.3) is 10.9 Å². The monoisotopic (exact) mass is 478 g/mol. The van der Waals surface area contributed by atoms with Gasteiger partial charge in [0, 0.05) is 29.2 Å². The molecular formula is C24H23FN6O4. The number of aromatic nitrogens is 4. The Morgan fingerprint density at radius 1 is 1.11 bits per heavy atom. The summed E-state index contributed by atoms with van der Waals surface area (Å²) < 4.78 is 30.5. The van der Waals surface area contributed by atoms with Gasteiger partial charge >= 0.3 is 5.97 Å².